The van der Waals surface area contributed by atoms with Gasteiger partial charge in [0.15, 0.2) is 0 Å². The van der Waals surface area contributed by atoms with E-state index in [0.717, 1.165) is 5.69 Å². The van der Waals surface area contributed by atoms with Crippen LogP contribution in [0.3, 0.4) is 0 Å². The SMILES string of the molecule is Cc1cccc(=O)n1Cc1cc(F)ccc1C(N)=S. The van der Waals surface area contributed by atoms with Gasteiger partial charge in [-0.3, -0.25) is 4.79 Å². The number of aryl methyl sites for hydroxylation is 1. The van der Waals surface area contributed by atoms with Crippen LogP contribution in [-0.2, 0) is 6.54 Å². The Balaban J connectivity index is 2.52. The minimum Gasteiger partial charge on any atom is -0.389 e. The maximum absolute atomic E-state index is 13.3. The van der Waals surface area contributed by atoms with Gasteiger partial charge >= 0.3 is 0 Å². The summed E-state index contributed by atoms with van der Waals surface area (Å²) < 4.78 is 14.9. The Morgan fingerprint density at radius 1 is 1.37 bits per heavy atom. The predicted molar refractivity (Wildman–Crippen MR) is 76.8 cm³/mol. The van der Waals surface area contributed by atoms with E-state index in [1.807, 2.05) is 13.0 Å². The molecule has 0 fully saturated rings. The van der Waals surface area contributed by atoms with Gasteiger partial charge in [-0.05, 0) is 36.8 Å². The molecule has 5 heteroatoms. The van der Waals surface area contributed by atoms with Crippen molar-refractivity contribution in [2.24, 2.45) is 5.73 Å². The highest BCUT2D eigenvalue weighted by Gasteiger charge is 2.09. The Bertz CT molecular complexity index is 694. The zero-order valence-corrected chi connectivity index (χ0v) is 11.2. The molecule has 0 saturated heterocycles. The van der Waals surface area contributed by atoms with E-state index in [4.69, 9.17) is 18.0 Å². The minimum absolute atomic E-state index is 0.141. The van der Waals surface area contributed by atoms with E-state index in [1.165, 1.54) is 24.3 Å². The average molecular weight is 276 g/mol. The summed E-state index contributed by atoms with van der Waals surface area (Å²) in [4.78, 5) is 12.0. The highest BCUT2D eigenvalue weighted by atomic mass is 32.1. The van der Waals surface area contributed by atoms with Crippen molar-refractivity contribution in [2.75, 3.05) is 0 Å². The van der Waals surface area contributed by atoms with Gasteiger partial charge in [0, 0.05) is 17.3 Å². The van der Waals surface area contributed by atoms with Crippen LogP contribution in [0.5, 0.6) is 0 Å². The first-order valence-corrected chi connectivity index (χ1v) is 6.14. The van der Waals surface area contributed by atoms with Gasteiger partial charge in [0.2, 0.25) is 0 Å². The molecule has 1 heterocycles. The first kappa shape index (κ1) is 13.4. The van der Waals surface area contributed by atoms with Gasteiger partial charge in [-0.15, -0.1) is 0 Å². The van der Waals surface area contributed by atoms with Crippen LogP contribution < -0.4 is 11.3 Å². The van der Waals surface area contributed by atoms with Crippen molar-refractivity contribution < 1.29 is 4.39 Å². The number of rotatable bonds is 3. The fraction of sp³-hybridized carbons (Fsp3) is 0.143. The lowest BCUT2D eigenvalue weighted by molar-refractivity contribution is 0.621. The fourth-order valence-corrected chi connectivity index (χ4v) is 2.13. The van der Waals surface area contributed by atoms with Crippen molar-refractivity contribution in [1.29, 1.82) is 0 Å². The molecular weight excluding hydrogens is 263 g/mol. The monoisotopic (exact) mass is 276 g/mol. The lowest BCUT2D eigenvalue weighted by atomic mass is 10.1. The molecule has 2 rings (SSSR count). The Kier molecular flexibility index (Phi) is 3.76. The number of nitrogens with zero attached hydrogens (tertiary/aromatic N) is 1. The van der Waals surface area contributed by atoms with Crippen molar-refractivity contribution >= 4 is 17.2 Å². The molecule has 0 atom stereocenters. The minimum atomic E-state index is -0.378. The molecule has 2 aromatic rings. The number of pyridine rings is 1. The molecule has 1 aromatic carbocycles. The standard InChI is InChI=1S/C14H13FN2OS/c1-9-3-2-4-13(18)17(9)8-10-7-11(15)5-6-12(10)14(16)19/h2-7H,8H2,1H3,(H2,16,19). The highest BCUT2D eigenvalue weighted by Crippen LogP contribution is 2.13. The van der Waals surface area contributed by atoms with Crippen molar-refractivity contribution in [1.82, 2.24) is 4.57 Å². The van der Waals surface area contributed by atoms with Gasteiger partial charge in [-0.2, -0.15) is 0 Å². The van der Waals surface area contributed by atoms with Crippen molar-refractivity contribution in [3.8, 4) is 0 Å². The number of benzene rings is 1. The van der Waals surface area contributed by atoms with Crippen LogP contribution in [0.2, 0.25) is 0 Å². The van der Waals surface area contributed by atoms with Crippen LogP contribution in [0.1, 0.15) is 16.8 Å². The van der Waals surface area contributed by atoms with Gasteiger partial charge in [-0.1, -0.05) is 18.3 Å². The molecule has 0 aliphatic rings. The summed E-state index contributed by atoms with van der Waals surface area (Å²) in [6.45, 7) is 2.07. The first-order chi connectivity index (χ1) is 8.99. The van der Waals surface area contributed by atoms with Gasteiger partial charge < -0.3 is 10.3 Å². The zero-order valence-electron chi connectivity index (χ0n) is 10.4. The molecule has 0 amide bonds. The molecule has 1 aromatic heterocycles. The summed E-state index contributed by atoms with van der Waals surface area (Å²) in [5.41, 5.74) is 7.46. The van der Waals surface area contributed by atoms with Crippen molar-refractivity contribution in [3.63, 3.8) is 0 Å². The van der Waals surface area contributed by atoms with Crippen LogP contribution in [0.25, 0.3) is 0 Å². The number of hydrogen-bond acceptors (Lipinski definition) is 2. The average Bonchev–Trinajstić information content (AvgIpc) is 2.33. The van der Waals surface area contributed by atoms with E-state index in [1.54, 1.807) is 10.6 Å². The van der Waals surface area contributed by atoms with Crippen LogP contribution in [0.4, 0.5) is 4.39 Å². The zero-order chi connectivity index (χ0) is 14.0. The third kappa shape index (κ3) is 2.88. The number of hydrogen-bond donors (Lipinski definition) is 1. The molecular formula is C14H13FN2OS. The Labute approximate surface area is 115 Å². The summed E-state index contributed by atoms with van der Waals surface area (Å²) in [6, 6.07) is 9.17. The van der Waals surface area contributed by atoms with Crippen LogP contribution in [0, 0.1) is 12.7 Å². The summed E-state index contributed by atoms with van der Waals surface area (Å²) in [6.07, 6.45) is 0. The third-order valence-corrected chi connectivity index (χ3v) is 3.15. The molecule has 0 unspecified atom stereocenters. The summed E-state index contributed by atoms with van der Waals surface area (Å²) in [5.74, 6) is -0.378. The summed E-state index contributed by atoms with van der Waals surface area (Å²) in [7, 11) is 0. The molecule has 98 valence electrons. The van der Waals surface area contributed by atoms with E-state index in [-0.39, 0.29) is 22.9 Å². The topological polar surface area (TPSA) is 48.0 Å². The quantitative estimate of drug-likeness (QED) is 0.872. The van der Waals surface area contributed by atoms with Crippen LogP contribution in [0.15, 0.2) is 41.2 Å². The summed E-state index contributed by atoms with van der Waals surface area (Å²) >= 11 is 4.94. The van der Waals surface area contributed by atoms with Crippen LogP contribution in [-0.4, -0.2) is 9.56 Å². The molecule has 0 radical (unpaired) electrons. The largest absolute Gasteiger partial charge is 0.389 e. The summed E-state index contributed by atoms with van der Waals surface area (Å²) in [5, 5.41) is 0. The van der Waals surface area contributed by atoms with Gasteiger partial charge in [0.1, 0.15) is 10.8 Å². The smallest absolute Gasteiger partial charge is 0.251 e. The van der Waals surface area contributed by atoms with Crippen molar-refractivity contribution in [3.05, 3.63) is 69.4 Å². The van der Waals surface area contributed by atoms with Gasteiger partial charge in [0.05, 0.1) is 6.54 Å². The van der Waals surface area contributed by atoms with E-state index in [0.29, 0.717) is 11.1 Å². The normalized spacial score (nSPS) is 10.4. The van der Waals surface area contributed by atoms with E-state index in [2.05, 4.69) is 0 Å². The molecule has 0 aliphatic carbocycles. The second-order valence-electron chi connectivity index (χ2n) is 4.26. The number of nitrogens with two attached hydrogens (primary N) is 1. The number of thiocarbonyl (C=S) groups is 1. The van der Waals surface area contributed by atoms with Gasteiger partial charge in [0.25, 0.3) is 5.56 Å². The highest BCUT2D eigenvalue weighted by molar-refractivity contribution is 7.80. The Morgan fingerprint density at radius 2 is 2.11 bits per heavy atom. The number of halogens is 1. The molecule has 0 aliphatic heterocycles. The first-order valence-electron chi connectivity index (χ1n) is 5.73. The molecule has 0 spiro atoms. The second kappa shape index (κ2) is 5.32. The predicted octanol–water partition coefficient (Wildman–Crippen LogP) is 1.98. The molecule has 19 heavy (non-hydrogen) atoms. The maximum atomic E-state index is 13.3. The fourth-order valence-electron chi connectivity index (χ4n) is 1.93. The molecule has 3 nitrogen and oxygen atoms in total. The van der Waals surface area contributed by atoms with E-state index < -0.39 is 0 Å². The third-order valence-electron chi connectivity index (χ3n) is 2.93. The van der Waals surface area contributed by atoms with Crippen LogP contribution >= 0.6 is 12.2 Å². The Hall–Kier alpha value is -2.01. The van der Waals surface area contributed by atoms with E-state index >= 15 is 0 Å². The van der Waals surface area contributed by atoms with Crippen molar-refractivity contribution in [2.45, 2.75) is 13.5 Å². The molecule has 2 N–H and O–H groups in total. The molecule has 0 saturated carbocycles. The second-order valence-corrected chi connectivity index (χ2v) is 4.70. The molecule has 0 bridgehead atoms. The maximum Gasteiger partial charge on any atom is 0.251 e. The lowest BCUT2D eigenvalue weighted by Gasteiger charge is -2.12. The lowest BCUT2D eigenvalue weighted by Crippen LogP contribution is -2.23. The van der Waals surface area contributed by atoms with E-state index in [9.17, 15) is 9.18 Å². The van der Waals surface area contributed by atoms with Gasteiger partial charge in [-0.25, -0.2) is 4.39 Å². The number of aromatic nitrogens is 1. The Morgan fingerprint density at radius 3 is 2.74 bits per heavy atom.